The number of pyridine rings is 1. The third-order valence-corrected chi connectivity index (χ3v) is 2.21. The molecule has 0 radical (unpaired) electrons. The molecule has 1 rings (SSSR count). The van der Waals surface area contributed by atoms with Crippen LogP contribution in [0.3, 0.4) is 0 Å². The molecule has 1 aromatic rings. The van der Waals surface area contributed by atoms with E-state index in [1.54, 1.807) is 0 Å². The van der Waals surface area contributed by atoms with Crippen molar-refractivity contribution in [2.75, 3.05) is 12.8 Å². The van der Waals surface area contributed by atoms with E-state index in [-0.39, 0.29) is 10.7 Å². The van der Waals surface area contributed by atoms with Gasteiger partial charge in [0.05, 0.1) is 17.8 Å². The van der Waals surface area contributed by atoms with Crippen molar-refractivity contribution in [3.63, 3.8) is 0 Å². The van der Waals surface area contributed by atoms with Crippen LogP contribution in [0.15, 0.2) is 0 Å². The first kappa shape index (κ1) is 12.4. The van der Waals surface area contributed by atoms with E-state index in [9.17, 15) is 14.0 Å². The fraction of sp³-hybridized carbons (Fsp3) is 0.222. The molecule has 0 amide bonds. The van der Waals surface area contributed by atoms with Gasteiger partial charge in [-0.2, -0.15) is 0 Å². The molecule has 7 heteroatoms. The van der Waals surface area contributed by atoms with Crippen molar-refractivity contribution in [3.05, 3.63) is 22.2 Å². The number of anilines is 1. The molecule has 0 fully saturated rings. The second kappa shape index (κ2) is 4.44. The van der Waals surface area contributed by atoms with Gasteiger partial charge in [0, 0.05) is 6.92 Å². The predicted molar refractivity (Wildman–Crippen MR) is 55.0 cm³/mol. The van der Waals surface area contributed by atoms with E-state index >= 15 is 0 Å². The normalized spacial score (nSPS) is 10.0. The number of hydrogen-bond acceptors (Lipinski definition) is 5. The van der Waals surface area contributed by atoms with Gasteiger partial charge in [0.1, 0.15) is 5.69 Å². The van der Waals surface area contributed by atoms with Crippen molar-refractivity contribution in [2.24, 2.45) is 0 Å². The van der Waals surface area contributed by atoms with E-state index in [0.717, 1.165) is 14.0 Å². The summed E-state index contributed by atoms with van der Waals surface area (Å²) in [7, 11) is 1.10. The lowest BCUT2D eigenvalue weighted by atomic mass is 10.2. The standard InChI is InChI=1S/C9H8ClFN2O3/c1-3(14)7-5(11)6(12)4(10)8(13-7)9(15)16-2/h1-2H3,(H2,12,13). The minimum atomic E-state index is -1.04. The highest BCUT2D eigenvalue weighted by Gasteiger charge is 2.23. The van der Waals surface area contributed by atoms with Gasteiger partial charge in [0.15, 0.2) is 17.3 Å². The van der Waals surface area contributed by atoms with Gasteiger partial charge in [-0.25, -0.2) is 14.2 Å². The summed E-state index contributed by atoms with van der Waals surface area (Å²) in [6, 6.07) is 0. The first-order valence-electron chi connectivity index (χ1n) is 4.13. The quantitative estimate of drug-likeness (QED) is 0.631. The second-order valence-corrected chi connectivity index (χ2v) is 3.28. The van der Waals surface area contributed by atoms with Crippen LogP contribution in [0.25, 0.3) is 0 Å². The molecule has 0 bridgehead atoms. The zero-order chi connectivity index (χ0) is 12.5. The fourth-order valence-corrected chi connectivity index (χ4v) is 1.23. The summed E-state index contributed by atoms with van der Waals surface area (Å²) in [6.45, 7) is 1.10. The van der Waals surface area contributed by atoms with E-state index in [1.165, 1.54) is 0 Å². The van der Waals surface area contributed by atoms with Crippen LogP contribution in [0.4, 0.5) is 10.1 Å². The smallest absolute Gasteiger partial charge is 0.358 e. The average Bonchev–Trinajstić information content (AvgIpc) is 2.25. The lowest BCUT2D eigenvalue weighted by molar-refractivity contribution is 0.0594. The summed E-state index contributed by atoms with van der Waals surface area (Å²) >= 11 is 5.61. The Morgan fingerprint density at radius 3 is 2.44 bits per heavy atom. The van der Waals surface area contributed by atoms with Gasteiger partial charge in [-0.15, -0.1) is 0 Å². The first-order chi connectivity index (χ1) is 7.40. The number of ether oxygens (including phenoxy) is 1. The largest absolute Gasteiger partial charge is 0.464 e. The minimum absolute atomic E-state index is 0.366. The molecular formula is C9H8ClFN2O3. The van der Waals surface area contributed by atoms with Gasteiger partial charge in [0.25, 0.3) is 0 Å². The number of methoxy groups -OCH3 is 1. The van der Waals surface area contributed by atoms with Gasteiger partial charge in [0.2, 0.25) is 0 Å². The maximum atomic E-state index is 13.4. The third-order valence-electron chi connectivity index (χ3n) is 1.82. The number of nitrogen functional groups attached to an aromatic ring is 1. The average molecular weight is 247 g/mol. The van der Waals surface area contributed by atoms with Gasteiger partial charge in [-0.1, -0.05) is 11.6 Å². The highest BCUT2D eigenvalue weighted by molar-refractivity contribution is 6.35. The molecule has 16 heavy (non-hydrogen) atoms. The van der Waals surface area contributed by atoms with Gasteiger partial charge in [-0.3, -0.25) is 4.79 Å². The highest BCUT2D eigenvalue weighted by atomic mass is 35.5. The summed E-state index contributed by atoms with van der Waals surface area (Å²) in [5.41, 5.74) is 3.89. The van der Waals surface area contributed by atoms with Crippen molar-refractivity contribution in [1.82, 2.24) is 4.98 Å². The maximum absolute atomic E-state index is 13.4. The summed E-state index contributed by atoms with van der Waals surface area (Å²) in [5, 5.41) is -0.366. The zero-order valence-electron chi connectivity index (χ0n) is 8.51. The molecule has 0 unspecified atom stereocenters. The Kier molecular flexibility index (Phi) is 3.44. The maximum Gasteiger partial charge on any atom is 0.358 e. The number of halogens is 2. The molecule has 0 aliphatic heterocycles. The summed E-state index contributed by atoms with van der Waals surface area (Å²) in [5.74, 6) is -2.59. The topological polar surface area (TPSA) is 82.3 Å². The fourth-order valence-electron chi connectivity index (χ4n) is 1.03. The van der Waals surface area contributed by atoms with Crippen molar-refractivity contribution in [3.8, 4) is 0 Å². The van der Waals surface area contributed by atoms with Crippen molar-refractivity contribution >= 4 is 29.0 Å². The van der Waals surface area contributed by atoms with Crippen LogP contribution >= 0.6 is 11.6 Å². The zero-order valence-corrected chi connectivity index (χ0v) is 9.26. The summed E-state index contributed by atoms with van der Waals surface area (Å²) < 4.78 is 17.8. The van der Waals surface area contributed by atoms with E-state index in [1.807, 2.05) is 0 Å². The predicted octanol–water partition coefficient (Wildman–Crippen LogP) is 1.45. The van der Waals surface area contributed by atoms with Crippen molar-refractivity contribution in [2.45, 2.75) is 6.92 Å². The Balaban J connectivity index is 3.53. The Morgan fingerprint density at radius 2 is 2.00 bits per heavy atom. The van der Waals surface area contributed by atoms with Gasteiger partial charge >= 0.3 is 5.97 Å². The molecule has 5 nitrogen and oxygen atoms in total. The molecule has 0 spiro atoms. The molecule has 0 saturated carbocycles. The van der Waals surface area contributed by atoms with E-state index in [2.05, 4.69) is 9.72 Å². The van der Waals surface area contributed by atoms with Crippen molar-refractivity contribution in [1.29, 1.82) is 0 Å². The molecule has 0 aliphatic rings. The number of Topliss-reactive ketones (excluding diaryl/α,β-unsaturated/α-hetero) is 1. The SMILES string of the molecule is COC(=O)c1nc(C(C)=O)c(F)c(N)c1Cl. The number of hydrogen-bond donors (Lipinski definition) is 1. The highest BCUT2D eigenvalue weighted by Crippen LogP contribution is 2.27. The number of nitrogens with two attached hydrogens (primary N) is 1. The van der Waals surface area contributed by atoms with Crippen LogP contribution in [-0.4, -0.2) is 23.8 Å². The molecule has 1 heterocycles. The number of aromatic nitrogens is 1. The lowest BCUT2D eigenvalue weighted by Gasteiger charge is -2.07. The van der Waals surface area contributed by atoms with E-state index < -0.39 is 29.0 Å². The van der Waals surface area contributed by atoms with Crippen LogP contribution in [0, 0.1) is 5.82 Å². The van der Waals surface area contributed by atoms with E-state index in [4.69, 9.17) is 17.3 Å². The molecular weight excluding hydrogens is 239 g/mol. The number of ketones is 1. The number of carbonyl (C=O) groups excluding carboxylic acids is 2. The number of rotatable bonds is 2. The lowest BCUT2D eigenvalue weighted by Crippen LogP contribution is -2.13. The number of nitrogens with zero attached hydrogens (tertiary/aromatic N) is 1. The van der Waals surface area contributed by atoms with Gasteiger partial charge in [-0.05, 0) is 0 Å². The Morgan fingerprint density at radius 1 is 1.44 bits per heavy atom. The second-order valence-electron chi connectivity index (χ2n) is 2.90. The van der Waals surface area contributed by atoms with E-state index in [0.29, 0.717) is 0 Å². The third kappa shape index (κ3) is 1.96. The monoisotopic (exact) mass is 246 g/mol. The Bertz CT molecular complexity index is 476. The van der Waals surface area contributed by atoms with Crippen LogP contribution in [0.5, 0.6) is 0 Å². The number of esters is 1. The minimum Gasteiger partial charge on any atom is -0.464 e. The molecule has 0 aromatic carbocycles. The molecule has 2 N–H and O–H groups in total. The van der Waals surface area contributed by atoms with Crippen molar-refractivity contribution < 1.29 is 18.7 Å². The van der Waals surface area contributed by atoms with Crippen LogP contribution in [0.1, 0.15) is 27.9 Å². The summed E-state index contributed by atoms with van der Waals surface area (Å²) in [4.78, 5) is 25.7. The molecule has 0 atom stereocenters. The first-order valence-corrected chi connectivity index (χ1v) is 4.51. The van der Waals surface area contributed by atoms with Crippen LogP contribution < -0.4 is 5.73 Å². The van der Waals surface area contributed by atoms with Crippen LogP contribution in [-0.2, 0) is 4.74 Å². The Labute approximate surface area is 95.4 Å². The Hall–Kier alpha value is -1.69. The molecule has 0 aliphatic carbocycles. The van der Waals surface area contributed by atoms with Gasteiger partial charge < -0.3 is 10.5 Å². The summed E-state index contributed by atoms with van der Waals surface area (Å²) in [6.07, 6.45) is 0. The van der Waals surface area contributed by atoms with Crippen LogP contribution in [0.2, 0.25) is 5.02 Å². The molecule has 1 aromatic heterocycles. The molecule has 86 valence electrons. The molecule has 0 saturated heterocycles. The number of carbonyl (C=O) groups is 2.